The molecular weight excluding hydrogens is 318 g/mol. The van der Waals surface area contributed by atoms with E-state index in [1.807, 2.05) is 0 Å². The minimum Gasteiger partial charge on any atom is -0.496 e. The van der Waals surface area contributed by atoms with Crippen molar-refractivity contribution in [3.63, 3.8) is 0 Å². The number of carbonyl (C=O) groups excluding carboxylic acids is 2. The van der Waals surface area contributed by atoms with E-state index < -0.39 is 0 Å². The molecule has 2 amide bonds. The smallest absolute Gasteiger partial charge is 0.255 e. The van der Waals surface area contributed by atoms with Crippen LogP contribution in [0.1, 0.15) is 31.1 Å². The normalized spacial score (nSPS) is 10.5. The van der Waals surface area contributed by atoms with Crippen LogP contribution >= 0.6 is 11.6 Å². The molecule has 6 nitrogen and oxygen atoms in total. The molecule has 0 saturated heterocycles. The second kappa shape index (κ2) is 9.37. The minimum absolute atomic E-state index is 0.245. The van der Waals surface area contributed by atoms with Crippen LogP contribution in [-0.2, 0) is 4.79 Å². The fraction of sp³-hybridized carbons (Fsp3) is 0.500. The van der Waals surface area contributed by atoms with Crippen LogP contribution in [0.25, 0.3) is 0 Å². The number of likely N-dealkylation sites (N-methyl/N-ethyl adjacent to an activating group) is 1. The van der Waals surface area contributed by atoms with Gasteiger partial charge in [-0.05, 0) is 19.2 Å². The number of nitrogens with zero attached hydrogens (tertiary/aromatic N) is 1. The van der Waals surface area contributed by atoms with Crippen molar-refractivity contribution in [2.24, 2.45) is 0 Å². The maximum Gasteiger partial charge on any atom is 0.255 e. The van der Waals surface area contributed by atoms with Crippen LogP contribution in [-0.4, -0.2) is 50.0 Å². The summed E-state index contributed by atoms with van der Waals surface area (Å²) in [5.41, 5.74) is 0.752. The highest BCUT2D eigenvalue weighted by atomic mass is 35.5. The number of rotatable bonds is 8. The third-order valence-electron chi connectivity index (χ3n) is 3.45. The molecule has 0 heterocycles. The first-order valence-electron chi connectivity index (χ1n) is 7.58. The number of benzene rings is 1. The minimum atomic E-state index is -0.259. The average molecular weight is 342 g/mol. The monoisotopic (exact) mass is 341 g/mol. The van der Waals surface area contributed by atoms with Crippen molar-refractivity contribution < 1.29 is 14.3 Å². The Morgan fingerprint density at radius 3 is 2.43 bits per heavy atom. The van der Waals surface area contributed by atoms with Crippen LogP contribution in [0.4, 0.5) is 5.69 Å². The molecule has 0 saturated carbocycles. The van der Waals surface area contributed by atoms with Gasteiger partial charge in [0.25, 0.3) is 5.91 Å². The number of anilines is 1. The Bertz CT molecular complexity index is 560. The first-order chi connectivity index (χ1) is 10.9. The Morgan fingerprint density at radius 1 is 1.26 bits per heavy atom. The summed E-state index contributed by atoms with van der Waals surface area (Å²) >= 11 is 6.12. The van der Waals surface area contributed by atoms with Crippen molar-refractivity contribution in [3.05, 3.63) is 22.7 Å². The highest BCUT2D eigenvalue weighted by Gasteiger charge is 2.16. The largest absolute Gasteiger partial charge is 0.496 e. The van der Waals surface area contributed by atoms with Gasteiger partial charge in [0.15, 0.2) is 0 Å². The molecule has 0 atom stereocenters. The molecule has 0 aromatic heterocycles. The lowest BCUT2D eigenvalue weighted by atomic mass is 10.1. The summed E-state index contributed by atoms with van der Waals surface area (Å²) in [6, 6.07) is 3.04. The van der Waals surface area contributed by atoms with E-state index >= 15 is 0 Å². The van der Waals surface area contributed by atoms with Crippen molar-refractivity contribution in [3.8, 4) is 5.75 Å². The van der Waals surface area contributed by atoms with Crippen LogP contribution in [0.3, 0.4) is 0 Å². The van der Waals surface area contributed by atoms with Crippen LogP contribution in [0.5, 0.6) is 5.75 Å². The fourth-order valence-corrected chi connectivity index (χ4v) is 2.36. The molecule has 128 valence electrons. The van der Waals surface area contributed by atoms with E-state index in [1.165, 1.54) is 20.1 Å². The average Bonchev–Trinajstić information content (AvgIpc) is 2.52. The standard InChI is InChI=1S/C16H24ClN3O3/c1-5-20(6-2)8-7-18-16(22)12-9-13(17)14(19-11(3)21)10-15(12)23-4/h9-10H,5-8H2,1-4H3,(H,18,22)(H,19,21). The van der Waals surface area contributed by atoms with Gasteiger partial charge in [0.05, 0.1) is 23.4 Å². The van der Waals surface area contributed by atoms with Crippen molar-refractivity contribution >= 4 is 29.1 Å². The quantitative estimate of drug-likeness (QED) is 0.761. The van der Waals surface area contributed by atoms with Gasteiger partial charge >= 0.3 is 0 Å². The van der Waals surface area contributed by atoms with E-state index in [0.29, 0.717) is 23.5 Å². The highest BCUT2D eigenvalue weighted by molar-refractivity contribution is 6.34. The zero-order valence-corrected chi connectivity index (χ0v) is 14.8. The van der Waals surface area contributed by atoms with Crippen LogP contribution < -0.4 is 15.4 Å². The van der Waals surface area contributed by atoms with Gasteiger partial charge in [0, 0.05) is 26.1 Å². The summed E-state index contributed by atoms with van der Waals surface area (Å²) in [6.45, 7) is 8.73. The molecule has 0 spiro atoms. The Balaban J connectivity index is 2.83. The predicted molar refractivity (Wildman–Crippen MR) is 92.4 cm³/mol. The molecule has 0 bridgehead atoms. The van der Waals surface area contributed by atoms with Gasteiger partial charge in [-0.15, -0.1) is 0 Å². The first-order valence-corrected chi connectivity index (χ1v) is 7.96. The Labute approximate surface area is 142 Å². The van der Waals surface area contributed by atoms with E-state index in [-0.39, 0.29) is 16.8 Å². The van der Waals surface area contributed by atoms with Gasteiger partial charge in [-0.25, -0.2) is 0 Å². The number of amides is 2. The Morgan fingerprint density at radius 2 is 1.91 bits per heavy atom. The maximum atomic E-state index is 12.3. The highest BCUT2D eigenvalue weighted by Crippen LogP contribution is 2.30. The molecule has 23 heavy (non-hydrogen) atoms. The molecular formula is C16H24ClN3O3. The van der Waals surface area contributed by atoms with Gasteiger partial charge in [0.2, 0.25) is 5.91 Å². The molecule has 7 heteroatoms. The molecule has 0 unspecified atom stereocenters. The molecule has 1 aromatic carbocycles. The number of methoxy groups -OCH3 is 1. The molecule has 1 aromatic rings. The van der Waals surface area contributed by atoms with Crippen molar-refractivity contribution in [2.75, 3.05) is 38.6 Å². The molecule has 2 N–H and O–H groups in total. The van der Waals surface area contributed by atoms with Gasteiger partial charge in [0.1, 0.15) is 5.75 Å². The molecule has 0 aliphatic carbocycles. The lowest BCUT2D eigenvalue weighted by Crippen LogP contribution is -2.34. The number of nitrogens with one attached hydrogen (secondary N) is 2. The summed E-state index contributed by atoms with van der Waals surface area (Å²) in [5, 5.41) is 5.74. The molecule has 0 fully saturated rings. The van der Waals surface area contributed by atoms with Gasteiger partial charge < -0.3 is 20.3 Å². The molecule has 0 radical (unpaired) electrons. The van der Waals surface area contributed by atoms with Gasteiger partial charge in [-0.2, -0.15) is 0 Å². The summed E-state index contributed by atoms with van der Waals surface area (Å²) in [5.74, 6) is -0.144. The third-order valence-corrected chi connectivity index (χ3v) is 3.77. The van der Waals surface area contributed by atoms with Crippen LogP contribution in [0, 0.1) is 0 Å². The number of ether oxygens (including phenoxy) is 1. The number of hydrogen-bond donors (Lipinski definition) is 2. The van der Waals surface area contributed by atoms with Crippen LogP contribution in [0.15, 0.2) is 12.1 Å². The SMILES string of the molecule is CCN(CC)CCNC(=O)c1cc(Cl)c(NC(C)=O)cc1OC. The van der Waals surface area contributed by atoms with E-state index in [1.54, 1.807) is 6.07 Å². The van der Waals surface area contributed by atoms with E-state index in [9.17, 15) is 9.59 Å². The summed E-state index contributed by atoms with van der Waals surface area (Å²) < 4.78 is 5.23. The lowest BCUT2D eigenvalue weighted by molar-refractivity contribution is -0.114. The maximum absolute atomic E-state index is 12.3. The lowest BCUT2D eigenvalue weighted by Gasteiger charge is -2.18. The zero-order chi connectivity index (χ0) is 17.4. The first kappa shape index (κ1) is 19.3. The van der Waals surface area contributed by atoms with Gasteiger partial charge in [-0.3, -0.25) is 9.59 Å². The summed E-state index contributed by atoms with van der Waals surface area (Å²) in [4.78, 5) is 25.7. The molecule has 1 rings (SSSR count). The Hall–Kier alpha value is -1.79. The molecule has 0 aliphatic rings. The third kappa shape index (κ3) is 5.73. The predicted octanol–water partition coefficient (Wildman–Crippen LogP) is 2.38. The number of halogens is 1. The zero-order valence-electron chi connectivity index (χ0n) is 14.0. The number of hydrogen-bond acceptors (Lipinski definition) is 4. The topological polar surface area (TPSA) is 70.7 Å². The van der Waals surface area contributed by atoms with E-state index in [4.69, 9.17) is 16.3 Å². The Kier molecular flexibility index (Phi) is 7.85. The number of carbonyl (C=O) groups is 2. The van der Waals surface area contributed by atoms with Crippen molar-refractivity contribution in [1.82, 2.24) is 10.2 Å². The van der Waals surface area contributed by atoms with Gasteiger partial charge in [-0.1, -0.05) is 25.4 Å². The van der Waals surface area contributed by atoms with Crippen LogP contribution in [0.2, 0.25) is 5.02 Å². The second-order valence-corrected chi connectivity index (χ2v) is 5.40. The summed E-state index contributed by atoms with van der Waals surface area (Å²) in [7, 11) is 1.47. The van der Waals surface area contributed by atoms with Crippen molar-refractivity contribution in [1.29, 1.82) is 0 Å². The van der Waals surface area contributed by atoms with E-state index in [0.717, 1.165) is 19.6 Å². The molecule has 0 aliphatic heterocycles. The van der Waals surface area contributed by atoms with Crippen molar-refractivity contribution in [2.45, 2.75) is 20.8 Å². The fourth-order valence-electron chi connectivity index (χ4n) is 2.15. The van der Waals surface area contributed by atoms with E-state index in [2.05, 4.69) is 29.4 Å². The summed E-state index contributed by atoms with van der Waals surface area (Å²) in [6.07, 6.45) is 0. The second-order valence-electron chi connectivity index (χ2n) is 5.00.